The summed E-state index contributed by atoms with van der Waals surface area (Å²) < 4.78 is 9.62. The Kier molecular flexibility index (Phi) is 12.6. The van der Waals surface area contributed by atoms with Crippen LogP contribution in [0.4, 0.5) is 22.7 Å². The molecule has 0 radical (unpaired) electrons. The Morgan fingerprint density at radius 3 is 1.60 bits per heavy atom. The number of fused-ring (bicyclic) bond motifs is 4. The van der Waals surface area contributed by atoms with E-state index >= 15 is 0 Å². The first-order valence-electron chi connectivity index (χ1n) is 26.8. The van der Waals surface area contributed by atoms with E-state index in [0.29, 0.717) is 18.5 Å². The van der Waals surface area contributed by atoms with Crippen LogP contribution in [0.15, 0.2) is 200 Å². The molecule has 2 aromatic heterocycles. The summed E-state index contributed by atoms with van der Waals surface area (Å²) in [7, 11) is 0. The molecule has 75 heavy (non-hydrogen) atoms. The maximum absolute atomic E-state index is 7.27. The third-order valence-electron chi connectivity index (χ3n) is 16.0. The fraction of sp³-hybridized carbons (Fsp3) is 0.243. The highest BCUT2D eigenvalue weighted by molar-refractivity contribution is 6.10. The van der Waals surface area contributed by atoms with Crippen LogP contribution < -0.4 is 14.5 Å². The molecule has 3 heterocycles. The lowest BCUT2D eigenvalue weighted by Gasteiger charge is -2.28. The summed E-state index contributed by atoms with van der Waals surface area (Å²) >= 11 is 0. The first-order valence-corrected chi connectivity index (χ1v) is 26.8. The minimum absolute atomic E-state index is 0.0618. The summed E-state index contributed by atoms with van der Waals surface area (Å²) in [5.74, 6) is 3.05. The van der Waals surface area contributed by atoms with E-state index in [-0.39, 0.29) is 16.2 Å². The van der Waals surface area contributed by atoms with Crippen molar-refractivity contribution in [2.45, 2.75) is 104 Å². The van der Waals surface area contributed by atoms with Crippen molar-refractivity contribution < 1.29 is 4.74 Å². The van der Waals surface area contributed by atoms with E-state index in [0.717, 1.165) is 56.4 Å². The largest absolute Gasteiger partial charge is 0.457 e. The van der Waals surface area contributed by atoms with Crippen LogP contribution in [0.2, 0.25) is 0 Å². The van der Waals surface area contributed by atoms with Crippen molar-refractivity contribution in [1.29, 1.82) is 0 Å². The molecule has 0 saturated heterocycles. The van der Waals surface area contributed by atoms with Crippen molar-refractivity contribution in [2.24, 2.45) is 0 Å². The van der Waals surface area contributed by atoms with E-state index in [4.69, 9.17) is 9.72 Å². The zero-order valence-electron chi connectivity index (χ0n) is 45.6. The monoisotopic (exact) mass is 983 g/mol. The number of ether oxygens (including phenoxy) is 1. The quantitative estimate of drug-likeness (QED) is 0.122. The number of anilines is 4. The highest BCUT2D eigenvalue weighted by Crippen LogP contribution is 2.49. The fourth-order valence-electron chi connectivity index (χ4n) is 11.4. The molecule has 10 aromatic rings. The van der Waals surface area contributed by atoms with Gasteiger partial charge >= 0.3 is 0 Å². The predicted octanol–water partition coefficient (Wildman–Crippen LogP) is 19.1. The van der Waals surface area contributed by atoms with Crippen LogP contribution in [0.1, 0.15) is 127 Å². The summed E-state index contributed by atoms with van der Waals surface area (Å²) in [5, 5.41) is 2.32. The fourth-order valence-corrected chi connectivity index (χ4v) is 11.4. The van der Waals surface area contributed by atoms with Gasteiger partial charge in [0, 0.05) is 51.3 Å². The van der Waals surface area contributed by atoms with Crippen LogP contribution in [-0.4, -0.2) is 16.2 Å². The lowest BCUT2D eigenvalue weighted by molar-refractivity contribution is 0.483. The van der Waals surface area contributed by atoms with Crippen molar-refractivity contribution in [2.75, 3.05) is 16.5 Å². The number of nitrogens with zero attached hydrogens (tertiary/aromatic N) is 4. The number of benzene rings is 8. The van der Waals surface area contributed by atoms with Gasteiger partial charge in [0.2, 0.25) is 0 Å². The van der Waals surface area contributed by atoms with Crippen molar-refractivity contribution in [3.8, 4) is 28.4 Å². The minimum atomic E-state index is -0.228. The highest BCUT2D eigenvalue weighted by Gasteiger charge is 2.32. The van der Waals surface area contributed by atoms with Gasteiger partial charge in [-0.2, -0.15) is 0 Å². The second kappa shape index (κ2) is 19.1. The second-order valence-electron chi connectivity index (χ2n) is 23.4. The zero-order chi connectivity index (χ0) is 52.4. The molecule has 1 aliphatic rings. The van der Waals surface area contributed by atoms with E-state index < -0.39 is 0 Å². The Hall–Kier alpha value is -7.89. The second-order valence-corrected chi connectivity index (χ2v) is 23.4. The normalized spacial score (nSPS) is 13.1. The Morgan fingerprint density at radius 1 is 0.440 bits per heavy atom. The SMILES string of the molecule is CC(C)c1cccc(C(C)C)c1-c1cc(Oc2ccc3c4ccc(C(C)(C)c5ccccc5)cc4n(-c4cc(C(C)(C)C)ccn4)c3c2)cc(N2CN(c3cccc(C(C)(C)c4ccccc4)c3)c3ccccc32)c1. The van der Waals surface area contributed by atoms with Crippen molar-refractivity contribution in [3.05, 3.63) is 239 Å². The molecule has 5 nitrogen and oxygen atoms in total. The van der Waals surface area contributed by atoms with Gasteiger partial charge in [0.1, 0.15) is 24.0 Å². The van der Waals surface area contributed by atoms with E-state index in [1.54, 1.807) is 0 Å². The minimum Gasteiger partial charge on any atom is -0.457 e. The number of hydrogen-bond acceptors (Lipinski definition) is 4. The summed E-state index contributed by atoms with van der Waals surface area (Å²) in [6.07, 6.45) is 1.96. The van der Waals surface area contributed by atoms with Crippen molar-refractivity contribution in [3.63, 3.8) is 0 Å². The Bertz CT molecular complexity index is 3700. The molecule has 11 rings (SSSR count). The molecule has 0 amide bonds. The molecule has 376 valence electrons. The van der Waals surface area contributed by atoms with E-state index in [9.17, 15) is 0 Å². The van der Waals surface area contributed by atoms with Crippen molar-refractivity contribution >= 4 is 44.6 Å². The van der Waals surface area contributed by atoms with Gasteiger partial charge in [-0.15, -0.1) is 0 Å². The van der Waals surface area contributed by atoms with E-state index in [1.807, 2.05) is 6.20 Å². The average molecular weight is 983 g/mol. The Balaban J connectivity index is 1.06. The first-order chi connectivity index (χ1) is 36.0. The first kappa shape index (κ1) is 49.3. The Labute approximate surface area is 445 Å². The maximum Gasteiger partial charge on any atom is 0.137 e. The number of hydrogen-bond donors (Lipinski definition) is 0. The summed E-state index contributed by atoms with van der Waals surface area (Å²) in [6, 6.07) is 71.2. The average Bonchev–Trinajstić information content (AvgIpc) is 3.97. The van der Waals surface area contributed by atoms with E-state index in [2.05, 4.69) is 285 Å². The molecule has 1 aliphatic heterocycles. The standard InChI is InChI=1S/C70H70N4O/c1-46(2)58-28-21-29-59(47(3)4)67(58)48-38-55(73-45-72(62-30-18-19-31-63(62)73)54-27-20-26-52(40-54)69(8,9)49-22-14-12-15-23-49)43-57(39-48)75-56-33-35-61-60-34-32-53(70(10,11)50-24-16-13-17-25-50)41-64(60)74(65(61)44-56)66-42-51(36-37-71-66)68(5,6)7/h12-44,46-47H,45H2,1-11H3. The molecule has 5 heteroatoms. The third kappa shape index (κ3) is 9.07. The molecule has 0 unspecified atom stereocenters. The number of pyridine rings is 1. The van der Waals surface area contributed by atoms with Crippen LogP contribution >= 0.6 is 0 Å². The topological polar surface area (TPSA) is 33.5 Å². The molecular weight excluding hydrogens is 913 g/mol. The molecular formula is C70H70N4O. The molecule has 0 spiro atoms. The third-order valence-corrected chi connectivity index (χ3v) is 16.0. The van der Waals surface area contributed by atoms with Gasteiger partial charge < -0.3 is 14.5 Å². The number of aromatic nitrogens is 2. The highest BCUT2D eigenvalue weighted by atomic mass is 16.5. The molecule has 0 N–H and O–H groups in total. The van der Waals surface area contributed by atoms with Crippen LogP contribution in [0.25, 0.3) is 38.8 Å². The van der Waals surface area contributed by atoms with Gasteiger partial charge in [-0.3, -0.25) is 4.57 Å². The number of rotatable bonds is 12. The van der Waals surface area contributed by atoms with Crippen LogP contribution in [0.3, 0.4) is 0 Å². The lowest BCUT2D eigenvalue weighted by Crippen LogP contribution is -2.25. The molecule has 0 fully saturated rings. The van der Waals surface area contributed by atoms with Crippen LogP contribution in [0, 0.1) is 0 Å². The van der Waals surface area contributed by atoms with Gasteiger partial charge in [-0.05, 0) is 134 Å². The predicted molar refractivity (Wildman–Crippen MR) is 317 cm³/mol. The summed E-state index contributed by atoms with van der Waals surface area (Å²) in [4.78, 5) is 10.0. The molecule has 0 atom stereocenters. The molecule has 0 saturated carbocycles. The van der Waals surface area contributed by atoms with Gasteiger partial charge in [-0.1, -0.05) is 191 Å². The smallest absolute Gasteiger partial charge is 0.137 e. The van der Waals surface area contributed by atoms with Crippen LogP contribution in [-0.2, 0) is 16.2 Å². The molecule has 0 bridgehead atoms. The molecule has 8 aromatic carbocycles. The van der Waals surface area contributed by atoms with Gasteiger partial charge in [0.25, 0.3) is 0 Å². The van der Waals surface area contributed by atoms with Crippen LogP contribution in [0.5, 0.6) is 11.5 Å². The maximum atomic E-state index is 7.27. The lowest BCUT2D eigenvalue weighted by atomic mass is 9.78. The van der Waals surface area contributed by atoms with Gasteiger partial charge in [0.05, 0.1) is 22.4 Å². The van der Waals surface area contributed by atoms with Crippen molar-refractivity contribution in [1.82, 2.24) is 9.55 Å². The van der Waals surface area contributed by atoms with Gasteiger partial charge in [-0.25, -0.2) is 4.98 Å². The van der Waals surface area contributed by atoms with Gasteiger partial charge in [0.15, 0.2) is 0 Å². The zero-order valence-corrected chi connectivity index (χ0v) is 45.6. The molecule has 0 aliphatic carbocycles. The Morgan fingerprint density at radius 2 is 0.987 bits per heavy atom. The number of para-hydroxylation sites is 2. The summed E-state index contributed by atoms with van der Waals surface area (Å²) in [6.45, 7) is 25.9. The summed E-state index contributed by atoms with van der Waals surface area (Å²) in [5.41, 5.74) is 17.6. The van der Waals surface area contributed by atoms with E-state index in [1.165, 1.54) is 55.6 Å².